The average Bonchev–Trinajstić information content (AvgIpc) is 2.51. The smallest absolute Gasteiger partial charge is 0.207 e. The molecular weight excluding hydrogens is 318 g/mol. The lowest BCUT2D eigenvalue weighted by Gasteiger charge is -2.26. The topological polar surface area (TPSA) is 37.4 Å². The molecule has 0 aliphatic rings. The molecule has 2 aromatic carbocycles. The van der Waals surface area contributed by atoms with Crippen LogP contribution in [0.3, 0.4) is 0 Å². The fraction of sp³-hybridized carbons (Fsp3) is 0.400. The van der Waals surface area contributed by atoms with Crippen molar-refractivity contribution < 1.29 is 8.42 Å². The van der Waals surface area contributed by atoms with Crippen molar-refractivity contribution in [3.05, 3.63) is 64.7 Å². The molecule has 0 aliphatic heterocycles. The van der Waals surface area contributed by atoms with Gasteiger partial charge in [-0.05, 0) is 57.2 Å². The predicted octanol–water partition coefficient (Wildman–Crippen LogP) is 4.25. The van der Waals surface area contributed by atoms with Crippen LogP contribution in [0.2, 0.25) is 0 Å². The van der Waals surface area contributed by atoms with Gasteiger partial charge in [-0.3, -0.25) is 0 Å². The number of sulfonamides is 1. The third kappa shape index (κ3) is 4.05. The molecule has 0 bridgehead atoms. The zero-order valence-electron chi connectivity index (χ0n) is 15.2. The number of nitrogens with zero attached hydrogens (tertiary/aromatic N) is 1. The highest BCUT2D eigenvalue weighted by Crippen LogP contribution is 2.26. The Morgan fingerprint density at radius 3 is 2.08 bits per heavy atom. The van der Waals surface area contributed by atoms with Gasteiger partial charge in [0, 0.05) is 13.1 Å². The third-order valence-corrected chi connectivity index (χ3v) is 6.83. The largest absolute Gasteiger partial charge is 0.243 e. The van der Waals surface area contributed by atoms with Crippen LogP contribution >= 0.6 is 0 Å². The molecule has 0 fully saturated rings. The molecule has 2 rings (SSSR count). The maximum atomic E-state index is 13.1. The summed E-state index contributed by atoms with van der Waals surface area (Å²) in [7, 11) is -1.80. The second kappa shape index (κ2) is 7.49. The molecule has 0 aromatic heterocycles. The van der Waals surface area contributed by atoms with Crippen LogP contribution in [0.25, 0.3) is 0 Å². The van der Waals surface area contributed by atoms with Crippen molar-refractivity contribution in [1.82, 2.24) is 4.31 Å². The molecule has 130 valence electrons. The molecule has 0 radical (unpaired) electrons. The summed E-state index contributed by atoms with van der Waals surface area (Å²) in [4.78, 5) is 0.446. The first-order chi connectivity index (χ1) is 11.2. The summed E-state index contributed by atoms with van der Waals surface area (Å²) in [5.74, 6) is 0. The van der Waals surface area contributed by atoms with Gasteiger partial charge in [0.15, 0.2) is 0 Å². The molecule has 0 heterocycles. The van der Waals surface area contributed by atoms with E-state index in [1.807, 2.05) is 58.0 Å². The highest BCUT2D eigenvalue weighted by molar-refractivity contribution is 7.89. The number of hydrogen-bond acceptors (Lipinski definition) is 2. The molecule has 0 aliphatic carbocycles. The second-order valence-electron chi connectivity index (χ2n) is 6.62. The minimum absolute atomic E-state index is 0.0599. The van der Waals surface area contributed by atoms with Crippen molar-refractivity contribution in [2.24, 2.45) is 0 Å². The lowest BCUT2D eigenvalue weighted by molar-refractivity contribution is 0.371. The molecule has 0 N–H and O–H groups in total. The Balaban J connectivity index is 2.19. The van der Waals surface area contributed by atoms with Crippen molar-refractivity contribution >= 4 is 10.0 Å². The number of hydrogen-bond donors (Lipinski definition) is 0. The van der Waals surface area contributed by atoms with Crippen molar-refractivity contribution in [1.29, 1.82) is 0 Å². The molecule has 0 amide bonds. The maximum absolute atomic E-state index is 13.1. The van der Waals surface area contributed by atoms with Crippen LogP contribution in [0.1, 0.15) is 35.6 Å². The Labute approximate surface area is 146 Å². The molecule has 2 aromatic rings. The van der Waals surface area contributed by atoms with E-state index in [2.05, 4.69) is 12.1 Å². The lowest BCUT2D eigenvalue weighted by Crippen LogP contribution is -2.36. The lowest BCUT2D eigenvalue weighted by atomic mass is 10.1. The number of benzene rings is 2. The van der Waals surface area contributed by atoms with Crippen molar-refractivity contribution in [3.8, 4) is 0 Å². The van der Waals surface area contributed by atoms with E-state index in [0.717, 1.165) is 29.5 Å². The molecule has 0 saturated carbocycles. The van der Waals surface area contributed by atoms with Crippen LogP contribution in [0.4, 0.5) is 0 Å². The molecule has 0 saturated heterocycles. The summed E-state index contributed by atoms with van der Waals surface area (Å²) in [6.07, 6.45) is 1.66. The monoisotopic (exact) mass is 345 g/mol. The minimum atomic E-state index is -3.49. The molecule has 24 heavy (non-hydrogen) atoms. The van der Waals surface area contributed by atoms with Crippen LogP contribution in [0, 0.1) is 20.8 Å². The summed E-state index contributed by atoms with van der Waals surface area (Å²) in [6.45, 7) is 7.70. The Morgan fingerprint density at radius 2 is 1.54 bits per heavy atom. The first kappa shape index (κ1) is 18.7. The summed E-state index contributed by atoms with van der Waals surface area (Å²) in [5.41, 5.74) is 3.95. The van der Waals surface area contributed by atoms with Gasteiger partial charge in [0.05, 0.1) is 4.90 Å². The zero-order chi connectivity index (χ0) is 17.9. The van der Waals surface area contributed by atoms with E-state index >= 15 is 0 Å². The van der Waals surface area contributed by atoms with Gasteiger partial charge >= 0.3 is 0 Å². The van der Waals surface area contributed by atoms with E-state index in [1.54, 1.807) is 7.05 Å². The average molecular weight is 346 g/mol. The Bertz CT molecular complexity index is 775. The molecule has 1 atom stereocenters. The van der Waals surface area contributed by atoms with Gasteiger partial charge in [-0.2, -0.15) is 4.31 Å². The maximum Gasteiger partial charge on any atom is 0.243 e. The van der Waals surface area contributed by atoms with Crippen molar-refractivity contribution in [3.63, 3.8) is 0 Å². The molecule has 0 spiro atoms. The Kier molecular flexibility index (Phi) is 5.83. The van der Waals surface area contributed by atoms with E-state index in [9.17, 15) is 8.42 Å². The third-order valence-electron chi connectivity index (χ3n) is 4.56. The van der Waals surface area contributed by atoms with E-state index in [1.165, 1.54) is 9.87 Å². The summed E-state index contributed by atoms with van der Waals surface area (Å²) < 4.78 is 27.6. The van der Waals surface area contributed by atoms with Gasteiger partial charge in [-0.15, -0.1) is 0 Å². The first-order valence-corrected chi connectivity index (χ1v) is 9.77. The van der Waals surface area contributed by atoms with Gasteiger partial charge < -0.3 is 0 Å². The van der Waals surface area contributed by atoms with Crippen LogP contribution in [0.5, 0.6) is 0 Å². The van der Waals surface area contributed by atoms with E-state index in [0.29, 0.717) is 4.90 Å². The fourth-order valence-electron chi connectivity index (χ4n) is 3.16. The van der Waals surface area contributed by atoms with Crippen molar-refractivity contribution in [2.45, 2.75) is 51.5 Å². The quantitative estimate of drug-likeness (QED) is 0.785. The predicted molar refractivity (Wildman–Crippen MR) is 99.8 cm³/mol. The van der Waals surface area contributed by atoms with E-state index in [-0.39, 0.29) is 6.04 Å². The molecule has 4 heteroatoms. The Morgan fingerprint density at radius 1 is 1.00 bits per heavy atom. The molecule has 3 nitrogen and oxygen atoms in total. The standard InChI is InChI=1S/C20H27NO2S/c1-15-13-16(2)20(17(3)14-15)24(22,23)21(5)18(4)11-12-19-9-7-6-8-10-19/h6-10,13-14,18H,11-12H2,1-5H3. The SMILES string of the molecule is Cc1cc(C)c(S(=O)(=O)N(C)C(C)CCc2ccccc2)c(C)c1. The van der Waals surface area contributed by atoms with Crippen LogP contribution < -0.4 is 0 Å². The first-order valence-electron chi connectivity index (χ1n) is 8.33. The Hall–Kier alpha value is -1.65. The summed E-state index contributed by atoms with van der Waals surface area (Å²) in [5, 5.41) is 0. The van der Waals surface area contributed by atoms with Gasteiger partial charge in [0.2, 0.25) is 10.0 Å². The van der Waals surface area contributed by atoms with E-state index < -0.39 is 10.0 Å². The highest BCUT2D eigenvalue weighted by atomic mass is 32.2. The summed E-state index contributed by atoms with van der Waals surface area (Å²) in [6, 6.07) is 14.0. The minimum Gasteiger partial charge on any atom is -0.207 e. The van der Waals surface area contributed by atoms with E-state index in [4.69, 9.17) is 0 Å². The van der Waals surface area contributed by atoms with Crippen LogP contribution in [-0.2, 0) is 16.4 Å². The second-order valence-corrected chi connectivity index (χ2v) is 8.56. The van der Waals surface area contributed by atoms with Gasteiger partial charge in [-0.1, -0.05) is 48.0 Å². The highest BCUT2D eigenvalue weighted by Gasteiger charge is 2.28. The zero-order valence-corrected chi connectivity index (χ0v) is 16.0. The van der Waals surface area contributed by atoms with Crippen molar-refractivity contribution in [2.75, 3.05) is 7.05 Å². The van der Waals surface area contributed by atoms with Gasteiger partial charge in [0.25, 0.3) is 0 Å². The van der Waals surface area contributed by atoms with Crippen LogP contribution in [0.15, 0.2) is 47.4 Å². The summed E-state index contributed by atoms with van der Waals surface area (Å²) >= 11 is 0. The fourth-order valence-corrected chi connectivity index (χ4v) is 4.96. The van der Waals surface area contributed by atoms with Crippen LogP contribution in [-0.4, -0.2) is 25.8 Å². The molecular formula is C20H27NO2S. The number of aryl methyl sites for hydroxylation is 4. The van der Waals surface area contributed by atoms with Gasteiger partial charge in [-0.25, -0.2) is 8.42 Å². The van der Waals surface area contributed by atoms with Gasteiger partial charge in [0.1, 0.15) is 0 Å². The molecule has 1 unspecified atom stereocenters. The normalized spacial score (nSPS) is 13.2. The number of rotatable bonds is 6.